The Morgan fingerprint density at radius 1 is 1.05 bits per heavy atom. The van der Waals surface area contributed by atoms with E-state index in [0.29, 0.717) is 40.3 Å². The molecule has 9 nitrogen and oxygen atoms in total. The van der Waals surface area contributed by atoms with E-state index in [1.807, 2.05) is 6.07 Å². The van der Waals surface area contributed by atoms with Crippen LogP contribution in [0.1, 0.15) is 12.0 Å². The number of fused-ring (bicyclic) bond motifs is 1. The Morgan fingerprint density at radius 2 is 1.88 bits per heavy atom. The summed E-state index contributed by atoms with van der Waals surface area (Å²) in [6.07, 6.45) is 2.40. The van der Waals surface area contributed by atoms with Crippen molar-refractivity contribution in [1.82, 2.24) is 9.88 Å². The number of benzene rings is 3. The zero-order valence-corrected chi connectivity index (χ0v) is 21.7. The van der Waals surface area contributed by atoms with Gasteiger partial charge in [0.05, 0.1) is 36.6 Å². The summed E-state index contributed by atoms with van der Waals surface area (Å²) < 4.78 is 32.1. The minimum atomic E-state index is -0.662. The van der Waals surface area contributed by atoms with Crippen LogP contribution in [0, 0.1) is 17.1 Å². The lowest BCUT2D eigenvalue weighted by atomic mass is 10.1. The van der Waals surface area contributed by atoms with Gasteiger partial charge in [-0.3, -0.25) is 9.88 Å². The lowest BCUT2D eigenvalue weighted by molar-refractivity contribution is 0.0358. The van der Waals surface area contributed by atoms with Crippen LogP contribution >= 0.6 is 0 Å². The summed E-state index contributed by atoms with van der Waals surface area (Å²) in [7, 11) is 0. The number of aromatic nitrogens is 1. The molecule has 0 bridgehead atoms. The van der Waals surface area contributed by atoms with Crippen molar-refractivity contribution in [2.24, 2.45) is 0 Å². The largest absolute Gasteiger partial charge is 0.492 e. The number of urea groups is 1. The molecular weight excluding hydrogens is 513 g/mol. The van der Waals surface area contributed by atoms with Crippen molar-refractivity contribution in [2.75, 3.05) is 50.1 Å². The number of carbonyl (C=O) groups is 1. The standard InChI is InChI=1S/C30H28FN5O4/c31-25-18-23(7-8-26(25)35-30(37)34-22-5-2-1-3-6-22)40-28-9-10-33-27-19-29(21(20-32)17-24(27)28)39-14-4-11-36-12-15-38-16-13-36/h1-3,5-10,17-19H,4,11-16H2,(H2,34,35,37). The van der Waals surface area contributed by atoms with Gasteiger partial charge in [-0.15, -0.1) is 0 Å². The van der Waals surface area contributed by atoms with Gasteiger partial charge in [-0.2, -0.15) is 5.26 Å². The van der Waals surface area contributed by atoms with Gasteiger partial charge in [-0.05, 0) is 42.8 Å². The number of carbonyl (C=O) groups excluding carboxylic acids is 1. The molecule has 1 aromatic heterocycles. The predicted molar refractivity (Wildman–Crippen MR) is 149 cm³/mol. The summed E-state index contributed by atoms with van der Waals surface area (Å²) in [5.41, 5.74) is 1.52. The highest BCUT2D eigenvalue weighted by atomic mass is 19.1. The molecular formula is C30H28FN5O4. The van der Waals surface area contributed by atoms with E-state index in [4.69, 9.17) is 14.2 Å². The average molecular weight is 542 g/mol. The van der Waals surface area contributed by atoms with E-state index in [0.717, 1.165) is 39.3 Å². The zero-order valence-electron chi connectivity index (χ0n) is 21.7. The van der Waals surface area contributed by atoms with Crippen molar-refractivity contribution >= 4 is 28.3 Å². The van der Waals surface area contributed by atoms with Crippen LogP contribution in [-0.4, -0.2) is 55.4 Å². The van der Waals surface area contributed by atoms with Crippen molar-refractivity contribution in [1.29, 1.82) is 5.26 Å². The second-order valence-corrected chi connectivity index (χ2v) is 9.13. The molecule has 4 aromatic rings. The normalized spacial score (nSPS) is 13.4. The molecule has 0 atom stereocenters. The second-order valence-electron chi connectivity index (χ2n) is 9.13. The second kappa shape index (κ2) is 12.9. The van der Waals surface area contributed by atoms with Crippen molar-refractivity contribution in [2.45, 2.75) is 6.42 Å². The van der Waals surface area contributed by atoms with Crippen LogP contribution in [0.4, 0.5) is 20.6 Å². The van der Waals surface area contributed by atoms with E-state index in [-0.39, 0.29) is 11.4 Å². The van der Waals surface area contributed by atoms with Gasteiger partial charge < -0.3 is 24.8 Å². The third kappa shape index (κ3) is 6.83. The van der Waals surface area contributed by atoms with Crippen LogP contribution in [0.5, 0.6) is 17.2 Å². The number of amides is 2. The molecule has 0 spiro atoms. The number of nitrogens with one attached hydrogen (secondary N) is 2. The number of pyridine rings is 1. The number of ether oxygens (including phenoxy) is 3. The first kappa shape index (κ1) is 26.9. The highest BCUT2D eigenvalue weighted by molar-refractivity contribution is 5.99. The van der Waals surface area contributed by atoms with E-state index in [9.17, 15) is 14.4 Å². The van der Waals surface area contributed by atoms with E-state index >= 15 is 0 Å². The fourth-order valence-corrected chi connectivity index (χ4v) is 4.33. The number of hydrogen-bond donors (Lipinski definition) is 2. The van der Waals surface area contributed by atoms with Gasteiger partial charge in [0.15, 0.2) is 0 Å². The van der Waals surface area contributed by atoms with Crippen molar-refractivity contribution in [3.8, 4) is 23.3 Å². The van der Waals surface area contributed by atoms with E-state index in [2.05, 4.69) is 26.6 Å². The van der Waals surface area contributed by atoms with Crippen LogP contribution < -0.4 is 20.1 Å². The fourth-order valence-electron chi connectivity index (χ4n) is 4.33. The average Bonchev–Trinajstić information content (AvgIpc) is 2.97. The van der Waals surface area contributed by atoms with Crippen LogP contribution in [-0.2, 0) is 4.74 Å². The maximum atomic E-state index is 14.8. The van der Waals surface area contributed by atoms with E-state index in [1.54, 1.807) is 54.7 Å². The number of hydrogen-bond acceptors (Lipinski definition) is 7. The Bertz CT molecular complexity index is 1520. The fraction of sp³-hybridized carbons (Fsp3) is 0.233. The highest BCUT2D eigenvalue weighted by Crippen LogP contribution is 2.34. The van der Waals surface area contributed by atoms with Crippen LogP contribution in [0.2, 0.25) is 0 Å². The van der Waals surface area contributed by atoms with Crippen molar-refractivity contribution < 1.29 is 23.4 Å². The van der Waals surface area contributed by atoms with Crippen LogP contribution in [0.25, 0.3) is 10.9 Å². The molecule has 0 radical (unpaired) electrons. The third-order valence-corrected chi connectivity index (χ3v) is 6.35. The Labute approximate surface area is 231 Å². The quantitative estimate of drug-likeness (QED) is 0.259. The number of halogens is 1. The lowest BCUT2D eigenvalue weighted by Crippen LogP contribution is -2.37. The van der Waals surface area contributed by atoms with Gasteiger partial charge in [-0.1, -0.05) is 18.2 Å². The molecule has 204 valence electrons. The third-order valence-electron chi connectivity index (χ3n) is 6.35. The molecule has 1 saturated heterocycles. The Balaban J connectivity index is 1.25. The smallest absolute Gasteiger partial charge is 0.323 e. The monoisotopic (exact) mass is 541 g/mol. The molecule has 0 aliphatic carbocycles. The highest BCUT2D eigenvalue weighted by Gasteiger charge is 2.14. The number of para-hydroxylation sites is 1. The topological polar surface area (TPSA) is 109 Å². The summed E-state index contributed by atoms with van der Waals surface area (Å²) in [4.78, 5) is 19.0. The van der Waals surface area contributed by atoms with E-state index in [1.165, 1.54) is 12.1 Å². The van der Waals surface area contributed by atoms with Gasteiger partial charge >= 0.3 is 6.03 Å². The van der Waals surface area contributed by atoms with Crippen LogP contribution in [0.15, 0.2) is 72.9 Å². The molecule has 0 unspecified atom stereocenters. The summed E-state index contributed by atoms with van der Waals surface area (Å²) >= 11 is 0. The molecule has 10 heteroatoms. The first-order chi connectivity index (χ1) is 19.6. The summed E-state index contributed by atoms with van der Waals surface area (Å²) in [5, 5.41) is 15.5. The Hall–Kier alpha value is -4.72. The lowest BCUT2D eigenvalue weighted by Gasteiger charge is -2.26. The predicted octanol–water partition coefficient (Wildman–Crippen LogP) is 5.78. The molecule has 1 fully saturated rings. The molecule has 2 heterocycles. The molecule has 40 heavy (non-hydrogen) atoms. The first-order valence-electron chi connectivity index (χ1n) is 13.0. The van der Waals surface area contributed by atoms with Gasteiger partial charge in [0.1, 0.15) is 29.1 Å². The number of nitrogens with zero attached hydrogens (tertiary/aromatic N) is 3. The molecule has 2 amide bonds. The first-order valence-corrected chi connectivity index (χ1v) is 13.0. The summed E-state index contributed by atoms with van der Waals surface area (Å²) in [6.45, 7) is 4.70. The maximum Gasteiger partial charge on any atom is 0.323 e. The number of anilines is 2. The van der Waals surface area contributed by atoms with Gasteiger partial charge in [-0.25, -0.2) is 9.18 Å². The summed E-state index contributed by atoms with van der Waals surface area (Å²) in [5.74, 6) is 0.421. The van der Waals surface area contributed by atoms with Gasteiger partial charge in [0.2, 0.25) is 0 Å². The molecule has 1 aliphatic heterocycles. The molecule has 2 N–H and O–H groups in total. The SMILES string of the molecule is N#Cc1cc2c(Oc3ccc(NC(=O)Nc4ccccc4)c(F)c3)ccnc2cc1OCCCN1CCOCC1. The number of morpholine rings is 1. The zero-order chi connectivity index (χ0) is 27.7. The Kier molecular flexibility index (Phi) is 8.66. The maximum absolute atomic E-state index is 14.8. The van der Waals surface area contributed by atoms with Gasteiger partial charge in [0.25, 0.3) is 0 Å². The van der Waals surface area contributed by atoms with Crippen LogP contribution in [0.3, 0.4) is 0 Å². The minimum absolute atomic E-state index is 0.00236. The molecule has 1 aliphatic rings. The van der Waals surface area contributed by atoms with Crippen molar-refractivity contribution in [3.05, 3.63) is 84.3 Å². The molecule has 0 saturated carbocycles. The molecule has 3 aromatic carbocycles. The number of nitriles is 1. The van der Waals surface area contributed by atoms with E-state index < -0.39 is 11.8 Å². The Morgan fingerprint density at radius 3 is 2.65 bits per heavy atom. The van der Waals surface area contributed by atoms with Crippen molar-refractivity contribution in [3.63, 3.8) is 0 Å². The van der Waals surface area contributed by atoms with Gasteiger partial charge in [0, 0.05) is 49.0 Å². The summed E-state index contributed by atoms with van der Waals surface area (Å²) in [6, 6.07) is 19.6. The minimum Gasteiger partial charge on any atom is -0.492 e. The number of rotatable bonds is 9. The molecule has 5 rings (SSSR count).